The Labute approximate surface area is 123 Å². The Morgan fingerprint density at radius 1 is 1.25 bits per heavy atom. The van der Waals surface area contributed by atoms with Gasteiger partial charge >= 0.3 is 6.03 Å². The number of carbonyl (C=O) groups excluding carboxylic acids is 1. The Kier molecular flexibility index (Phi) is 5.70. The largest absolute Gasteiger partial charge is 0.334 e. The highest BCUT2D eigenvalue weighted by Crippen LogP contribution is 2.23. The summed E-state index contributed by atoms with van der Waals surface area (Å²) in [4.78, 5) is 17.0. The first-order valence-electron chi connectivity index (χ1n) is 8.43. The number of hydrogen-bond acceptors (Lipinski definition) is 2. The Morgan fingerprint density at radius 3 is 2.50 bits per heavy atom. The third-order valence-electron chi connectivity index (χ3n) is 4.89. The summed E-state index contributed by atoms with van der Waals surface area (Å²) in [6.07, 6.45) is 7.35. The van der Waals surface area contributed by atoms with Crippen molar-refractivity contribution in [3.8, 4) is 0 Å². The van der Waals surface area contributed by atoms with Crippen molar-refractivity contribution < 1.29 is 4.79 Å². The third-order valence-corrected chi connectivity index (χ3v) is 4.89. The number of hydrogen-bond donors (Lipinski definition) is 1. The van der Waals surface area contributed by atoms with Crippen molar-refractivity contribution >= 4 is 6.03 Å². The Hall–Kier alpha value is -0.770. The minimum absolute atomic E-state index is 0.162. The highest BCUT2D eigenvalue weighted by molar-refractivity contribution is 5.75. The second kappa shape index (κ2) is 7.30. The number of amides is 2. The highest BCUT2D eigenvalue weighted by atomic mass is 16.2. The summed E-state index contributed by atoms with van der Waals surface area (Å²) in [5, 5.41) is 3.26. The summed E-state index contributed by atoms with van der Waals surface area (Å²) in [6.45, 7) is 9.50. The lowest BCUT2D eigenvalue weighted by atomic mass is 9.94. The lowest BCUT2D eigenvalue weighted by Crippen LogP contribution is -2.50. The normalized spacial score (nSPS) is 25.1. The van der Waals surface area contributed by atoms with Crippen LogP contribution in [0.3, 0.4) is 0 Å². The molecule has 1 heterocycles. The van der Waals surface area contributed by atoms with Crippen LogP contribution in [-0.4, -0.2) is 53.6 Å². The lowest BCUT2D eigenvalue weighted by Gasteiger charge is -2.34. The molecule has 1 aliphatic carbocycles. The van der Waals surface area contributed by atoms with Gasteiger partial charge in [0.25, 0.3) is 0 Å². The number of urea groups is 1. The molecule has 1 saturated carbocycles. The van der Waals surface area contributed by atoms with Gasteiger partial charge in [-0.2, -0.15) is 0 Å². The fourth-order valence-corrected chi connectivity index (χ4v) is 3.59. The van der Waals surface area contributed by atoms with Crippen LogP contribution in [0.25, 0.3) is 0 Å². The predicted molar refractivity (Wildman–Crippen MR) is 82.9 cm³/mol. The molecule has 1 atom stereocenters. The second-order valence-corrected chi connectivity index (χ2v) is 6.60. The first-order chi connectivity index (χ1) is 9.61. The van der Waals surface area contributed by atoms with Crippen LogP contribution in [0, 0.1) is 0 Å². The molecule has 4 heteroatoms. The molecule has 1 unspecified atom stereocenters. The quantitative estimate of drug-likeness (QED) is 0.860. The van der Waals surface area contributed by atoms with Crippen molar-refractivity contribution in [2.24, 2.45) is 0 Å². The SMILES string of the molecule is CCN(C(=O)NC1CCN(C(C)C)C1)C1CCCCC1. The molecule has 1 aliphatic heterocycles. The summed E-state index contributed by atoms with van der Waals surface area (Å²) in [5.74, 6) is 0. The van der Waals surface area contributed by atoms with Gasteiger partial charge in [0.1, 0.15) is 0 Å². The summed E-state index contributed by atoms with van der Waals surface area (Å²) >= 11 is 0. The maximum Gasteiger partial charge on any atom is 0.317 e. The average Bonchev–Trinajstić information content (AvgIpc) is 2.89. The zero-order chi connectivity index (χ0) is 14.5. The van der Waals surface area contributed by atoms with Gasteiger partial charge in [0, 0.05) is 37.8 Å². The molecule has 116 valence electrons. The number of rotatable bonds is 4. The van der Waals surface area contributed by atoms with Gasteiger partial charge in [-0.05, 0) is 40.0 Å². The summed E-state index contributed by atoms with van der Waals surface area (Å²) < 4.78 is 0. The summed E-state index contributed by atoms with van der Waals surface area (Å²) in [7, 11) is 0. The zero-order valence-corrected chi connectivity index (χ0v) is 13.4. The minimum Gasteiger partial charge on any atom is -0.334 e. The van der Waals surface area contributed by atoms with Crippen molar-refractivity contribution in [1.82, 2.24) is 15.1 Å². The first kappa shape index (κ1) is 15.6. The van der Waals surface area contributed by atoms with Crippen molar-refractivity contribution in [3.05, 3.63) is 0 Å². The van der Waals surface area contributed by atoms with Crippen LogP contribution < -0.4 is 5.32 Å². The monoisotopic (exact) mass is 281 g/mol. The molecular weight excluding hydrogens is 250 g/mol. The fourth-order valence-electron chi connectivity index (χ4n) is 3.59. The molecule has 2 fully saturated rings. The third kappa shape index (κ3) is 3.87. The number of nitrogens with one attached hydrogen (secondary N) is 1. The molecule has 0 aromatic carbocycles. The minimum atomic E-state index is 0.162. The van der Waals surface area contributed by atoms with Gasteiger partial charge in [-0.25, -0.2) is 4.79 Å². The van der Waals surface area contributed by atoms with Gasteiger partial charge in [-0.15, -0.1) is 0 Å². The van der Waals surface area contributed by atoms with Crippen LogP contribution in [0.2, 0.25) is 0 Å². The molecular formula is C16H31N3O. The Morgan fingerprint density at radius 2 is 1.95 bits per heavy atom. The number of likely N-dealkylation sites (tertiary alicyclic amines) is 1. The van der Waals surface area contributed by atoms with Crippen LogP contribution in [0.4, 0.5) is 4.79 Å². The van der Waals surface area contributed by atoms with E-state index in [0.717, 1.165) is 26.1 Å². The second-order valence-electron chi connectivity index (χ2n) is 6.60. The maximum absolute atomic E-state index is 12.5. The maximum atomic E-state index is 12.5. The van der Waals surface area contributed by atoms with Crippen molar-refractivity contribution in [3.63, 3.8) is 0 Å². The summed E-state index contributed by atoms with van der Waals surface area (Å²) in [6, 6.07) is 1.55. The molecule has 0 spiro atoms. The average molecular weight is 281 g/mol. The van der Waals surface area contributed by atoms with E-state index in [-0.39, 0.29) is 6.03 Å². The summed E-state index contributed by atoms with van der Waals surface area (Å²) in [5.41, 5.74) is 0. The molecule has 0 aromatic heterocycles. The smallest absolute Gasteiger partial charge is 0.317 e. The standard InChI is InChI=1S/C16H31N3O/c1-4-19(15-8-6-5-7-9-15)16(20)17-14-10-11-18(12-14)13(2)3/h13-15H,4-12H2,1-3H3,(H,17,20). The van der Waals surface area contributed by atoms with E-state index >= 15 is 0 Å². The van der Waals surface area contributed by atoms with E-state index in [1.807, 2.05) is 0 Å². The van der Waals surface area contributed by atoms with Gasteiger partial charge in [0.2, 0.25) is 0 Å². The molecule has 2 rings (SSSR count). The van der Waals surface area contributed by atoms with Crippen LogP contribution >= 0.6 is 0 Å². The van der Waals surface area contributed by atoms with Crippen LogP contribution in [0.15, 0.2) is 0 Å². The predicted octanol–water partition coefficient (Wildman–Crippen LogP) is 2.83. The Bertz CT molecular complexity index is 313. The molecule has 4 nitrogen and oxygen atoms in total. The van der Waals surface area contributed by atoms with Crippen LogP contribution in [-0.2, 0) is 0 Å². The van der Waals surface area contributed by atoms with E-state index in [9.17, 15) is 4.79 Å². The van der Waals surface area contributed by atoms with E-state index in [2.05, 4.69) is 35.9 Å². The first-order valence-corrected chi connectivity index (χ1v) is 8.43. The molecule has 20 heavy (non-hydrogen) atoms. The van der Waals surface area contributed by atoms with Gasteiger partial charge in [-0.1, -0.05) is 19.3 Å². The number of carbonyl (C=O) groups is 1. The van der Waals surface area contributed by atoms with Crippen LogP contribution in [0.1, 0.15) is 59.3 Å². The molecule has 2 amide bonds. The van der Waals surface area contributed by atoms with Gasteiger partial charge < -0.3 is 10.2 Å². The molecule has 1 N–H and O–H groups in total. The van der Waals surface area contributed by atoms with Gasteiger partial charge in [0.15, 0.2) is 0 Å². The topological polar surface area (TPSA) is 35.6 Å². The molecule has 0 radical (unpaired) electrons. The van der Waals surface area contributed by atoms with Crippen molar-refractivity contribution in [2.75, 3.05) is 19.6 Å². The fraction of sp³-hybridized carbons (Fsp3) is 0.938. The lowest BCUT2D eigenvalue weighted by molar-refractivity contribution is 0.156. The Balaban J connectivity index is 1.83. The van der Waals surface area contributed by atoms with E-state index < -0.39 is 0 Å². The highest BCUT2D eigenvalue weighted by Gasteiger charge is 2.29. The molecule has 1 saturated heterocycles. The molecule has 0 aromatic rings. The van der Waals surface area contributed by atoms with Gasteiger partial charge in [-0.3, -0.25) is 4.90 Å². The number of nitrogens with zero attached hydrogens (tertiary/aromatic N) is 2. The molecule has 0 bridgehead atoms. The van der Waals surface area contributed by atoms with E-state index in [1.165, 1.54) is 32.1 Å². The van der Waals surface area contributed by atoms with Crippen molar-refractivity contribution in [1.29, 1.82) is 0 Å². The van der Waals surface area contributed by atoms with E-state index in [4.69, 9.17) is 0 Å². The van der Waals surface area contributed by atoms with Crippen LogP contribution in [0.5, 0.6) is 0 Å². The zero-order valence-electron chi connectivity index (χ0n) is 13.4. The van der Waals surface area contributed by atoms with E-state index in [0.29, 0.717) is 18.1 Å². The van der Waals surface area contributed by atoms with E-state index in [1.54, 1.807) is 0 Å². The van der Waals surface area contributed by atoms with Gasteiger partial charge in [0.05, 0.1) is 0 Å². The van der Waals surface area contributed by atoms with Crippen molar-refractivity contribution in [2.45, 2.75) is 77.4 Å². The molecule has 2 aliphatic rings.